The van der Waals surface area contributed by atoms with E-state index >= 15 is 0 Å². The average Bonchev–Trinajstić information content (AvgIpc) is 2.43. The van der Waals surface area contributed by atoms with Crippen LogP contribution in [0.25, 0.3) is 0 Å². The number of piperazine rings is 1. The van der Waals surface area contributed by atoms with Gasteiger partial charge in [-0.25, -0.2) is 0 Å². The molecule has 1 aliphatic heterocycles. The van der Waals surface area contributed by atoms with Gasteiger partial charge in [-0.15, -0.1) is 0 Å². The summed E-state index contributed by atoms with van der Waals surface area (Å²) in [4.78, 5) is 2.82. The maximum atomic E-state index is 3.81. The first-order valence-electron chi connectivity index (χ1n) is 8.04. The third kappa shape index (κ3) is 2.75. The lowest BCUT2D eigenvalue weighted by atomic mass is 9.81. The highest BCUT2D eigenvalue weighted by atomic mass is 15.3. The van der Waals surface area contributed by atoms with Crippen molar-refractivity contribution in [1.29, 1.82) is 0 Å². The van der Waals surface area contributed by atoms with Crippen LogP contribution in [0.15, 0.2) is 0 Å². The van der Waals surface area contributed by atoms with E-state index in [4.69, 9.17) is 0 Å². The Bertz CT molecular complexity index is 233. The van der Waals surface area contributed by atoms with Crippen molar-refractivity contribution >= 4 is 0 Å². The minimum Gasteiger partial charge on any atom is -0.308 e. The fourth-order valence-corrected chi connectivity index (χ4v) is 3.73. The third-order valence-electron chi connectivity index (χ3n) is 5.71. The van der Waals surface area contributed by atoms with Gasteiger partial charge in [0, 0.05) is 30.2 Å². The number of nitrogens with zero attached hydrogens (tertiary/aromatic N) is 1. The number of nitrogens with one attached hydrogen (secondary N) is 1. The second-order valence-electron chi connectivity index (χ2n) is 6.13. The molecule has 18 heavy (non-hydrogen) atoms. The summed E-state index contributed by atoms with van der Waals surface area (Å²) in [5.41, 5.74) is 0.758. The van der Waals surface area contributed by atoms with E-state index in [0.717, 1.165) is 6.54 Å². The second kappa shape index (κ2) is 6.38. The zero-order valence-corrected chi connectivity index (χ0v) is 13.5. The molecule has 0 amide bonds. The van der Waals surface area contributed by atoms with E-state index in [1.165, 1.54) is 38.6 Å². The van der Waals surface area contributed by atoms with Crippen molar-refractivity contribution in [2.45, 2.75) is 90.8 Å². The lowest BCUT2D eigenvalue weighted by Crippen LogP contribution is -2.68. The third-order valence-corrected chi connectivity index (χ3v) is 5.71. The summed E-state index contributed by atoms with van der Waals surface area (Å²) in [5.74, 6) is 0. The largest absolute Gasteiger partial charge is 0.308 e. The summed E-state index contributed by atoms with van der Waals surface area (Å²) >= 11 is 0. The molecule has 0 aromatic heterocycles. The van der Waals surface area contributed by atoms with Crippen LogP contribution in [0.3, 0.4) is 0 Å². The molecule has 1 unspecified atom stereocenters. The smallest absolute Gasteiger partial charge is 0.0304 e. The summed E-state index contributed by atoms with van der Waals surface area (Å²) in [6.07, 6.45) is 6.29. The normalized spacial score (nSPS) is 25.3. The summed E-state index contributed by atoms with van der Waals surface area (Å²) in [6, 6.07) is 0.663. The standard InChI is InChI=1S/C16H34N2/c1-7-15(8-2)13-18(14(6)12-17-15)16(9-3,10-4)11-5/h14,17H,7-13H2,1-6H3. The molecule has 0 radical (unpaired) electrons. The van der Waals surface area contributed by atoms with Crippen LogP contribution in [0, 0.1) is 0 Å². The SMILES string of the molecule is CCC1(CC)CN(C(CC)(CC)CC)C(C)CN1. The zero-order chi connectivity index (χ0) is 13.8. The molecule has 108 valence electrons. The molecule has 0 bridgehead atoms. The highest BCUT2D eigenvalue weighted by Gasteiger charge is 2.42. The molecule has 0 saturated carbocycles. The quantitative estimate of drug-likeness (QED) is 0.775. The van der Waals surface area contributed by atoms with Gasteiger partial charge in [-0.1, -0.05) is 34.6 Å². The van der Waals surface area contributed by atoms with Crippen LogP contribution < -0.4 is 5.32 Å². The van der Waals surface area contributed by atoms with Crippen molar-refractivity contribution < 1.29 is 0 Å². The fourth-order valence-electron chi connectivity index (χ4n) is 3.73. The molecule has 0 aliphatic carbocycles. The summed E-state index contributed by atoms with van der Waals surface area (Å²) in [5, 5.41) is 3.81. The van der Waals surface area contributed by atoms with Crippen LogP contribution in [-0.2, 0) is 0 Å². The fraction of sp³-hybridized carbons (Fsp3) is 1.00. The predicted octanol–water partition coefficient (Wildman–Crippen LogP) is 3.81. The first kappa shape index (κ1) is 16.0. The molecule has 2 heteroatoms. The van der Waals surface area contributed by atoms with E-state index in [1.807, 2.05) is 0 Å². The molecule has 0 spiro atoms. The van der Waals surface area contributed by atoms with E-state index < -0.39 is 0 Å². The maximum absolute atomic E-state index is 3.81. The Morgan fingerprint density at radius 2 is 1.56 bits per heavy atom. The minimum absolute atomic E-state index is 0.345. The molecular weight excluding hydrogens is 220 g/mol. The molecular formula is C16H34N2. The first-order valence-corrected chi connectivity index (χ1v) is 8.04. The van der Waals surface area contributed by atoms with Crippen molar-refractivity contribution in [2.24, 2.45) is 0 Å². The Labute approximate surface area is 115 Å². The molecule has 0 aromatic carbocycles. The molecule has 1 aliphatic rings. The number of hydrogen-bond donors (Lipinski definition) is 1. The van der Waals surface area contributed by atoms with E-state index in [-0.39, 0.29) is 0 Å². The molecule has 1 rings (SSSR count). The highest BCUT2D eigenvalue weighted by molar-refractivity contribution is 5.01. The van der Waals surface area contributed by atoms with E-state index in [9.17, 15) is 0 Å². The first-order chi connectivity index (χ1) is 8.53. The molecule has 0 aromatic rings. The molecule has 1 N–H and O–H groups in total. The highest BCUT2D eigenvalue weighted by Crippen LogP contribution is 2.34. The number of hydrogen-bond acceptors (Lipinski definition) is 2. The van der Waals surface area contributed by atoms with Crippen molar-refractivity contribution in [2.75, 3.05) is 13.1 Å². The van der Waals surface area contributed by atoms with Gasteiger partial charge in [0.05, 0.1) is 0 Å². The number of rotatable bonds is 6. The van der Waals surface area contributed by atoms with E-state index in [2.05, 4.69) is 51.8 Å². The molecule has 1 fully saturated rings. The van der Waals surface area contributed by atoms with Crippen molar-refractivity contribution in [3.8, 4) is 0 Å². The summed E-state index contributed by atoms with van der Waals surface area (Å²) in [6.45, 7) is 16.5. The van der Waals surface area contributed by atoms with Crippen LogP contribution in [0.1, 0.15) is 73.6 Å². The van der Waals surface area contributed by atoms with Crippen LogP contribution in [0.4, 0.5) is 0 Å². The van der Waals surface area contributed by atoms with Gasteiger partial charge in [-0.05, 0) is 39.0 Å². The second-order valence-corrected chi connectivity index (χ2v) is 6.13. The van der Waals surface area contributed by atoms with Crippen molar-refractivity contribution in [3.05, 3.63) is 0 Å². The summed E-state index contributed by atoms with van der Waals surface area (Å²) < 4.78 is 0. The lowest BCUT2D eigenvalue weighted by molar-refractivity contribution is -0.0216. The van der Waals surface area contributed by atoms with Crippen molar-refractivity contribution in [1.82, 2.24) is 10.2 Å². The molecule has 1 saturated heterocycles. The van der Waals surface area contributed by atoms with Crippen molar-refractivity contribution in [3.63, 3.8) is 0 Å². The Balaban J connectivity index is 2.97. The Morgan fingerprint density at radius 3 is 1.94 bits per heavy atom. The van der Waals surface area contributed by atoms with Crippen LogP contribution >= 0.6 is 0 Å². The topological polar surface area (TPSA) is 15.3 Å². The van der Waals surface area contributed by atoms with Gasteiger partial charge >= 0.3 is 0 Å². The van der Waals surface area contributed by atoms with Gasteiger partial charge in [-0.3, -0.25) is 4.90 Å². The Kier molecular flexibility index (Phi) is 5.67. The van der Waals surface area contributed by atoms with Gasteiger partial charge in [-0.2, -0.15) is 0 Å². The van der Waals surface area contributed by atoms with Gasteiger partial charge in [0.1, 0.15) is 0 Å². The Hall–Kier alpha value is -0.0800. The van der Waals surface area contributed by atoms with Gasteiger partial charge in [0.2, 0.25) is 0 Å². The molecule has 2 nitrogen and oxygen atoms in total. The van der Waals surface area contributed by atoms with Gasteiger partial charge < -0.3 is 5.32 Å². The maximum Gasteiger partial charge on any atom is 0.0304 e. The monoisotopic (exact) mass is 254 g/mol. The van der Waals surface area contributed by atoms with Crippen LogP contribution in [0.5, 0.6) is 0 Å². The van der Waals surface area contributed by atoms with Crippen LogP contribution in [0.2, 0.25) is 0 Å². The minimum atomic E-state index is 0.345. The predicted molar refractivity (Wildman–Crippen MR) is 81.1 cm³/mol. The zero-order valence-electron chi connectivity index (χ0n) is 13.5. The van der Waals surface area contributed by atoms with Gasteiger partial charge in [0.25, 0.3) is 0 Å². The average molecular weight is 254 g/mol. The molecule has 1 atom stereocenters. The van der Waals surface area contributed by atoms with Gasteiger partial charge in [0.15, 0.2) is 0 Å². The summed E-state index contributed by atoms with van der Waals surface area (Å²) in [7, 11) is 0. The van der Waals surface area contributed by atoms with E-state index in [1.54, 1.807) is 0 Å². The van der Waals surface area contributed by atoms with E-state index in [0.29, 0.717) is 17.1 Å². The molecule has 1 heterocycles. The van der Waals surface area contributed by atoms with Crippen LogP contribution in [-0.4, -0.2) is 35.1 Å². The lowest BCUT2D eigenvalue weighted by Gasteiger charge is -2.54. The Morgan fingerprint density at radius 1 is 1.06 bits per heavy atom.